The van der Waals surface area contributed by atoms with Gasteiger partial charge in [0.1, 0.15) is 5.82 Å². The average molecular weight is 403 g/mol. The second-order valence-corrected chi connectivity index (χ2v) is 7.91. The van der Waals surface area contributed by atoms with Crippen LogP contribution in [-0.4, -0.2) is 26.4 Å². The van der Waals surface area contributed by atoms with Crippen molar-refractivity contribution in [2.24, 2.45) is 0 Å². The molecule has 0 aliphatic rings. The average Bonchev–Trinajstić information content (AvgIpc) is 3.19. The number of amides is 1. The number of halogens is 1. The minimum absolute atomic E-state index is 0.175. The van der Waals surface area contributed by atoms with Crippen molar-refractivity contribution >= 4 is 34.7 Å². The van der Waals surface area contributed by atoms with E-state index < -0.39 is 0 Å². The number of allylic oxidation sites excluding steroid dienone is 1. The third-order valence-corrected chi connectivity index (χ3v) is 6.00. The van der Waals surface area contributed by atoms with Crippen LogP contribution in [0.1, 0.15) is 10.4 Å². The zero-order chi connectivity index (χ0) is 19.4. The van der Waals surface area contributed by atoms with E-state index >= 15 is 0 Å². The lowest BCUT2D eigenvalue weighted by atomic mass is 10.1. The zero-order valence-electron chi connectivity index (χ0n) is 15.0. The number of hydrogen-bond donors (Lipinski definition) is 1. The maximum atomic E-state index is 12.9. The van der Waals surface area contributed by atoms with Crippen LogP contribution in [0.25, 0.3) is 11.4 Å². The number of anilines is 1. The maximum absolute atomic E-state index is 12.9. The van der Waals surface area contributed by atoms with E-state index in [1.54, 1.807) is 17.4 Å². The van der Waals surface area contributed by atoms with Crippen LogP contribution in [0.2, 0.25) is 0 Å². The molecule has 0 aliphatic heterocycles. The van der Waals surface area contributed by atoms with Crippen LogP contribution in [0.5, 0.6) is 0 Å². The topological polar surface area (TPSA) is 59.8 Å². The van der Waals surface area contributed by atoms with Gasteiger partial charge in [-0.25, -0.2) is 4.39 Å². The van der Waals surface area contributed by atoms with Gasteiger partial charge in [0.15, 0.2) is 11.0 Å². The predicted molar refractivity (Wildman–Crippen MR) is 109 cm³/mol. The number of rotatable bonds is 7. The molecule has 0 spiro atoms. The lowest BCUT2D eigenvalue weighted by Crippen LogP contribution is -2.14. The summed E-state index contributed by atoms with van der Waals surface area (Å²) in [5.74, 6) is 0.419. The summed E-state index contributed by atoms with van der Waals surface area (Å²) >= 11 is 2.98. The zero-order valence-corrected chi connectivity index (χ0v) is 16.7. The van der Waals surface area contributed by atoms with Gasteiger partial charge in [-0.2, -0.15) is 0 Å². The number of carbonyl (C=O) groups excluding carboxylic acids is 1. The van der Waals surface area contributed by atoms with E-state index in [1.807, 2.05) is 4.57 Å². The van der Waals surface area contributed by atoms with Crippen molar-refractivity contribution in [2.45, 2.75) is 25.5 Å². The highest BCUT2D eigenvalue weighted by atomic mass is 32.2. The van der Waals surface area contributed by atoms with Crippen LogP contribution in [0.3, 0.4) is 0 Å². The Kier molecular flexibility index (Phi) is 6.08. The smallest absolute Gasteiger partial charge is 0.234 e. The molecule has 3 rings (SSSR count). The molecule has 3 aromatic rings. The predicted octanol–water partition coefficient (Wildman–Crippen LogP) is 4.68. The van der Waals surface area contributed by atoms with E-state index in [1.165, 1.54) is 46.5 Å². The van der Waals surface area contributed by atoms with Crippen molar-refractivity contribution in [3.63, 3.8) is 0 Å². The molecule has 1 aromatic carbocycles. The van der Waals surface area contributed by atoms with Gasteiger partial charge in [0.05, 0.1) is 5.75 Å². The Morgan fingerprint density at radius 3 is 2.70 bits per heavy atom. The molecular weight excluding hydrogens is 383 g/mol. The summed E-state index contributed by atoms with van der Waals surface area (Å²) < 4.78 is 14.9. The highest BCUT2D eigenvalue weighted by Gasteiger charge is 2.18. The fourth-order valence-electron chi connectivity index (χ4n) is 2.48. The Balaban J connectivity index is 1.73. The van der Waals surface area contributed by atoms with Crippen molar-refractivity contribution < 1.29 is 9.18 Å². The highest BCUT2D eigenvalue weighted by molar-refractivity contribution is 7.99. The molecular formula is C19H19FN4OS2. The molecule has 1 N–H and O–H groups in total. The molecule has 8 heteroatoms. The summed E-state index contributed by atoms with van der Waals surface area (Å²) in [7, 11) is 0. The molecule has 5 nitrogen and oxygen atoms in total. The number of aryl methyl sites for hydroxylation is 1. The largest absolute Gasteiger partial charge is 0.325 e. The molecule has 0 unspecified atom stereocenters. The summed E-state index contributed by atoms with van der Waals surface area (Å²) in [6.45, 7) is 8.50. The molecule has 1 amide bonds. The number of nitrogens with zero attached hydrogens (tertiary/aromatic N) is 3. The fourth-order valence-corrected chi connectivity index (χ4v) is 4.09. The second-order valence-electron chi connectivity index (χ2n) is 5.88. The molecule has 0 aliphatic carbocycles. The molecule has 0 saturated heterocycles. The second kappa shape index (κ2) is 8.49. The first-order valence-corrected chi connectivity index (χ1v) is 10.1. The number of thioether (sulfide) groups is 1. The van der Waals surface area contributed by atoms with Gasteiger partial charge in [0, 0.05) is 28.1 Å². The quantitative estimate of drug-likeness (QED) is 0.460. The molecule has 140 valence electrons. The number of nitrogens with one attached hydrogen (secondary N) is 1. The maximum Gasteiger partial charge on any atom is 0.234 e. The van der Waals surface area contributed by atoms with Gasteiger partial charge in [-0.15, -0.1) is 28.1 Å². The number of aromatic nitrogens is 3. The van der Waals surface area contributed by atoms with Crippen LogP contribution in [0.4, 0.5) is 10.1 Å². The summed E-state index contributed by atoms with van der Waals surface area (Å²) in [5, 5.41) is 14.1. The Morgan fingerprint density at radius 2 is 2.07 bits per heavy atom. The van der Waals surface area contributed by atoms with E-state index in [0.717, 1.165) is 11.4 Å². The number of benzene rings is 1. The van der Waals surface area contributed by atoms with Crippen molar-refractivity contribution in [3.8, 4) is 11.4 Å². The Labute approximate surface area is 165 Å². The number of thiophene rings is 1. The van der Waals surface area contributed by atoms with Gasteiger partial charge in [-0.05, 0) is 43.7 Å². The Hall–Kier alpha value is -2.45. The third kappa shape index (κ3) is 4.45. The minimum Gasteiger partial charge on any atom is -0.325 e. The summed E-state index contributed by atoms with van der Waals surface area (Å²) in [5.41, 5.74) is 2.79. The first-order valence-electron chi connectivity index (χ1n) is 8.27. The normalized spacial score (nSPS) is 10.8. The van der Waals surface area contributed by atoms with E-state index in [0.29, 0.717) is 17.4 Å². The first kappa shape index (κ1) is 19.3. The van der Waals surface area contributed by atoms with Crippen LogP contribution in [0.15, 0.2) is 47.5 Å². The number of hydrogen-bond acceptors (Lipinski definition) is 5. The van der Waals surface area contributed by atoms with Gasteiger partial charge in [0.2, 0.25) is 5.91 Å². The highest BCUT2D eigenvalue weighted by Crippen LogP contribution is 2.31. The van der Waals surface area contributed by atoms with Crippen molar-refractivity contribution in [3.05, 3.63) is 58.6 Å². The molecule has 0 atom stereocenters. The van der Waals surface area contributed by atoms with Crippen LogP contribution in [-0.2, 0) is 11.3 Å². The van der Waals surface area contributed by atoms with Crippen molar-refractivity contribution in [1.82, 2.24) is 14.8 Å². The standard InChI is InChI=1S/C19H19FN4OS2/c1-4-9-24-18(16-10-26-13(3)12(16)2)22-23-19(24)27-11-17(25)21-15-7-5-14(20)6-8-15/h4-8,10H,1,9,11H2,2-3H3,(H,21,25). The monoisotopic (exact) mass is 402 g/mol. The van der Waals surface area contributed by atoms with E-state index in [9.17, 15) is 9.18 Å². The van der Waals surface area contributed by atoms with Crippen LogP contribution < -0.4 is 5.32 Å². The molecule has 0 saturated carbocycles. The lowest BCUT2D eigenvalue weighted by molar-refractivity contribution is -0.113. The van der Waals surface area contributed by atoms with Gasteiger partial charge in [-0.3, -0.25) is 9.36 Å². The van der Waals surface area contributed by atoms with Crippen molar-refractivity contribution in [2.75, 3.05) is 11.1 Å². The molecule has 27 heavy (non-hydrogen) atoms. The van der Waals surface area contributed by atoms with Gasteiger partial charge in [-0.1, -0.05) is 17.8 Å². The third-order valence-electron chi connectivity index (χ3n) is 4.02. The van der Waals surface area contributed by atoms with Crippen molar-refractivity contribution in [1.29, 1.82) is 0 Å². The minimum atomic E-state index is -0.341. The first-order chi connectivity index (χ1) is 13.0. The van der Waals surface area contributed by atoms with Gasteiger partial charge >= 0.3 is 0 Å². The summed E-state index contributed by atoms with van der Waals surface area (Å²) in [6, 6.07) is 5.66. The van der Waals surface area contributed by atoms with Gasteiger partial charge < -0.3 is 5.32 Å². The van der Waals surface area contributed by atoms with Crippen LogP contribution >= 0.6 is 23.1 Å². The van der Waals surface area contributed by atoms with E-state index in [-0.39, 0.29) is 17.5 Å². The number of carbonyl (C=O) groups is 1. The Morgan fingerprint density at radius 1 is 1.33 bits per heavy atom. The summed E-state index contributed by atoms with van der Waals surface area (Å²) in [6.07, 6.45) is 1.78. The SMILES string of the molecule is C=CCn1c(SCC(=O)Nc2ccc(F)cc2)nnc1-c1csc(C)c1C. The molecule has 2 aromatic heterocycles. The molecule has 0 fully saturated rings. The molecule has 0 bridgehead atoms. The van der Waals surface area contributed by atoms with E-state index in [2.05, 4.69) is 41.3 Å². The van der Waals surface area contributed by atoms with Crippen LogP contribution in [0, 0.1) is 19.7 Å². The Bertz CT molecular complexity index is 963. The fraction of sp³-hybridized carbons (Fsp3) is 0.211. The molecule has 0 radical (unpaired) electrons. The van der Waals surface area contributed by atoms with E-state index in [4.69, 9.17) is 0 Å². The molecule has 2 heterocycles. The van der Waals surface area contributed by atoms with Gasteiger partial charge in [0.25, 0.3) is 0 Å². The summed E-state index contributed by atoms with van der Waals surface area (Å²) in [4.78, 5) is 13.4. The lowest BCUT2D eigenvalue weighted by Gasteiger charge is -2.08.